The molecule has 1 heterocycles. The van der Waals surface area contributed by atoms with Crippen molar-refractivity contribution in [3.8, 4) is 0 Å². The Kier molecular flexibility index (Phi) is 11.0. The number of carboxylic acid groups (broad SMARTS) is 1. The average Bonchev–Trinajstić information content (AvgIpc) is 2.88. The van der Waals surface area contributed by atoms with E-state index in [1.165, 1.54) is 70.6 Å². The summed E-state index contributed by atoms with van der Waals surface area (Å²) in [6.07, 6.45) is 17.2. The van der Waals surface area contributed by atoms with Crippen molar-refractivity contribution in [1.29, 1.82) is 0 Å². The molecule has 0 spiro atoms. The molecule has 0 fully saturated rings. The van der Waals surface area contributed by atoms with Gasteiger partial charge in [0.2, 0.25) is 0 Å². The number of nitrogens with zero attached hydrogens (tertiary/aromatic N) is 2. The van der Waals surface area contributed by atoms with Gasteiger partial charge in [-0.05, 0) is 6.42 Å². The smallest absolute Gasteiger partial charge is 0.359 e. The van der Waals surface area contributed by atoms with E-state index in [4.69, 9.17) is 5.11 Å². The van der Waals surface area contributed by atoms with Crippen molar-refractivity contribution in [2.45, 2.75) is 90.4 Å². The number of likely N-dealkylation sites (N-methyl/N-ethyl adjacent to an activating group) is 1. The van der Waals surface area contributed by atoms with Gasteiger partial charge in [-0.3, -0.25) is 4.48 Å². The van der Waals surface area contributed by atoms with E-state index in [2.05, 4.69) is 11.9 Å². The Morgan fingerprint density at radius 2 is 1.46 bits per heavy atom. The summed E-state index contributed by atoms with van der Waals surface area (Å²) in [7, 11) is 2.01. The van der Waals surface area contributed by atoms with Crippen LogP contribution in [-0.2, 0) is 4.79 Å². The molecule has 24 heavy (non-hydrogen) atoms. The fourth-order valence-electron chi connectivity index (χ4n) is 3.64. The predicted molar refractivity (Wildman–Crippen MR) is 102 cm³/mol. The summed E-state index contributed by atoms with van der Waals surface area (Å²) < 4.78 is 0.521. The van der Waals surface area contributed by atoms with Gasteiger partial charge in [0.05, 0.1) is 13.6 Å². The quantitative estimate of drug-likeness (QED) is 0.336. The van der Waals surface area contributed by atoms with Gasteiger partial charge in [-0.25, -0.2) is 9.79 Å². The number of carbonyl (C=O) groups is 1. The molecule has 4 heteroatoms. The molecule has 1 unspecified atom stereocenters. The number of hydrogen-bond donors (Lipinski definition) is 1. The number of amidine groups is 1. The van der Waals surface area contributed by atoms with Crippen LogP contribution in [0.2, 0.25) is 0 Å². The number of aliphatic carboxylic acids is 1. The second-order valence-corrected chi connectivity index (χ2v) is 7.61. The third kappa shape index (κ3) is 8.81. The number of carboxylic acids is 1. The molecular formula is C20H39N2O2+. The molecule has 0 bridgehead atoms. The highest BCUT2D eigenvalue weighted by Crippen LogP contribution is 2.18. The third-order valence-corrected chi connectivity index (χ3v) is 5.25. The molecule has 1 atom stereocenters. The summed E-state index contributed by atoms with van der Waals surface area (Å²) in [6, 6.07) is 0. The number of rotatable bonds is 15. The van der Waals surface area contributed by atoms with Crippen LogP contribution in [0, 0.1) is 0 Å². The first-order chi connectivity index (χ1) is 11.6. The van der Waals surface area contributed by atoms with E-state index in [0.29, 0.717) is 4.48 Å². The van der Waals surface area contributed by atoms with Crippen LogP contribution in [0.5, 0.6) is 0 Å². The molecule has 4 nitrogen and oxygen atoms in total. The molecule has 0 aromatic rings. The van der Waals surface area contributed by atoms with E-state index in [9.17, 15) is 4.79 Å². The van der Waals surface area contributed by atoms with Crippen LogP contribution in [0.15, 0.2) is 4.99 Å². The fourth-order valence-corrected chi connectivity index (χ4v) is 3.64. The molecule has 0 aromatic heterocycles. The summed E-state index contributed by atoms with van der Waals surface area (Å²) in [6.45, 7) is 4.08. The maximum Gasteiger partial charge on any atom is 0.359 e. The van der Waals surface area contributed by atoms with Gasteiger partial charge < -0.3 is 5.11 Å². The van der Waals surface area contributed by atoms with E-state index in [1.807, 2.05) is 7.05 Å². The minimum absolute atomic E-state index is 0.178. The predicted octanol–water partition coefficient (Wildman–Crippen LogP) is 5.02. The molecule has 0 saturated carbocycles. The second-order valence-electron chi connectivity index (χ2n) is 7.61. The molecule has 140 valence electrons. The molecule has 0 aliphatic carbocycles. The van der Waals surface area contributed by atoms with E-state index in [-0.39, 0.29) is 6.54 Å². The van der Waals surface area contributed by atoms with Crippen LogP contribution in [0.3, 0.4) is 0 Å². The second kappa shape index (κ2) is 12.5. The Bertz CT molecular complexity index is 382. The molecule has 0 aromatic carbocycles. The van der Waals surface area contributed by atoms with Crippen molar-refractivity contribution >= 4 is 11.8 Å². The fraction of sp³-hybridized carbons (Fsp3) is 0.900. The highest BCUT2D eigenvalue weighted by atomic mass is 16.4. The SMILES string of the molecule is CCCCCCCCCCCCCCC1=NCC[N+]1(C)CC(=O)O. The lowest BCUT2D eigenvalue weighted by Crippen LogP contribution is -2.50. The van der Waals surface area contributed by atoms with E-state index in [0.717, 1.165) is 31.8 Å². The van der Waals surface area contributed by atoms with E-state index < -0.39 is 5.97 Å². The summed E-state index contributed by atoms with van der Waals surface area (Å²) in [4.78, 5) is 15.6. The first-order valence-electron chi connectivity index (χ1n) is 10.2. The van der Waals surface area contributed by atoms with Crippen LogP contribution >= 0.6 is 0 Å². The molecule has 0 saturated heterocycles. The summed E-state index contributed by atoms with van der Waals surface area (Å²) in [5.41, 5.74) is 0. The lowest BCUT2D eigenvalue weighted by atomic mass is 10.0. The van der Waals surface area contributed by atoms with Crippen LogP contribution < -0.4 is 0 Å². The van der Waals surface area contributed by atoms with Crippen molar-refractivity contribution in [2.75, 3.05) is 26.7 Å². The Morgan fingerprint density at radius 3 is 1.96 bits per heavy atom. The lowest BCUT2D eigenvalue weighted by Gasteiger charge is -2.28. The standard InChI is InChI=1S/C20H38N2O2/c1-3-4-5-6-7-8-9-10-11-12-13-14-15-19-21-16-17-22(19,2)18-20(23)24/h3-18H2,1-2H3/p+1. The molecule has 1 aliphatic rings. The molecule has 1 N–H and O–H groups in total. The molecule has 1 aliphatic heterocycles. The number of quaternary nitrogens is 1. The van der Waals surface area contributed by atoms with Gasteiger partial charge in [0, 0.05) is 6.42 Å². The average molecular weight is 340 g/mol. The highest BCUT2D eigenvalue weighted by molar-refractivity contribution is 5.79. The first kappa shape index (κ1) is 21.1. The van der Waals surface area contributed by atoms with E-state index >= 15 is 0 Å². The van der Waals surface area contributed by atoms with Crippen LogP contribution in [0.1, 0.15) is 90.4 Å². The minimum Gasteiger partial charge on any atom is -0.477 e. The van der Waals surface area contributed by atoms with Crippen molar-refractivity contribution in [1.82, 2.24) is 0 Å². The topological polar surface area (TPSA) is 49.7 Å². The van der Waals surface area contributed by atoms with Crippen LogP contribution in [0.25, 0.3) is 0 Å². The Morgan fingerprint density at radius 1 is 0.958 bits per heavy atom. The normalized spacial score (nSPS) is 20.3. The summed E-state index contributed by atoms with van der Waals surface area (Å²) >= 11 is 0. The van der Waals surface area contributed by atoms with Gasteiger partial charge in [-0.2, -0.15) is 0 Å². The lowest BCUT2D eigenvalue weighted by molar-refractivity contribution is -0.807. The maximum absolute atomic E-state index is 11.0. The summed E-state index contributed by atoms with van der Waals surface area (Å²) in [5, 5.41) is 9.06. The van der Waals surface area contributed by atoms with Gasteiger partial charge in [0.15, 0.2) is 12.4 Å². The Balaban J connectivity index is 1.96. The van der Waals surface area contributed by atoms with Gasteiger partial charge in [0.1, 0.15) is 6.54 Å². The highest BCUT2D eigenvalue weighted by Gasteiger charge is 2.35. The van der Waals surface area contributed by atoms with Gasteiger partial charge >= 0.3 is 5.97 Å². The number of aliphatic imine (C=N–C) groups is 1. The van der Waals surface area contributed by atoms with Gasteiger partial charge in [0.25, 0.3) is 0 Å². The zero-order chi connectivity index (χ0) is 17.7. The molecule has 0 amide bonds. The van der Waals surface area contributed by atoms with Crippen molar-refractivity contribution in [3.05, 3.63) is 0 Å². The van der Waals surface area contributed by atoms with Crippen molar-refractivity contribution in [3.63, 3.8) is 0 Å². The zero-order valence-electron chi connectivity index (χ0n) is 16.1. The Labute approximate surface area is 148 Å². The van der Waals surface area contributed by atoms with Crippen molar-refractivity contribution < 1.29 is 14.4 Å². The number of unbranched alkanes of at least 4 members (excludes halogenated alkanes) is 11. The largest absolute Gasteiger partial charge is 0.477 e. The zero-order valence-corrected chi connectivity index (χ0v) is 16.1. The third-order valence-electron chi connectivity index (χ3n) is 5.25. The van der Waals surface area contributed by atoms with Gasteiger partial charge in [-0.15, -0.1) is 0 Å². The monoisotopic (exact) mass is 339 g/mol. The van der Waals surface area contributed by atoms with E-state index in [1.54, 1.807) is 0 Å². The number of hydrogen-bond acceptors (Lipinski definition) is 2. The van der Waals surface area contributed by atoms with Crippen LogP contribution in [-0.4, -0.2) is 48.1 Å². The first-order valence-corrected chi connectivity index (χ1v) is 10.2. The minimum atomic E-state index is -0.721. The molecule has 0 radical (unpaired) electrons. The van der Waals surface area contributed by atoms with Crippen molar-refractivity contribution in [2.24, 2.45) is 4.99 Å². The van der Waals surface area contributed by atoms with Crippen LogP contribution in [0.4, 0.5) is 0 Å². The summed E-state index contributed by atoms with van der Waals surface area (Å²) in [5.74, 6) is 0.381. The molecule has 1 rings (SSSR count). The Hall–Kier alpha value is -0.900. The van der Waals surface area contributed by atoms with Gasteiger partial charge in [-0.1, -0.05) is 77.6 Å². The molecular weight excluding hydrogens is 300 g/mol. The maximum atomic E-state index is 11.0.